The van der Waals surface area contributed by atoms with Gasteiger partial charge in [-0.1, -0.05) is 24.2 Å². The summed E-state index contributed by atoms with van der Waals surface area (Å²) in [5.74, 6) is 1.31. The van der Waals surface area contributed by atoms with Gasteiger partial charge in [-0.2, -0.15) is 0 Å². The Kier molecular flexibility index (Phi) is 5.91. The number of aromatic nitrogens is 2. The summed E-state index contributed by atoms with van der Waals surface area (Å²) in [5, 5.41) is 13.5. The van der Waals surface area contributed by atoms with Gasteiger partial charge in [-0.25, -0.2) is 9.78 Å². The lowest BCUT2D eigenvalue weighted by Crippen LogP contribution is -2.51. The highest BCUT2D eigenvalue weighted by Crippen LogP contribution is 2.68. The molecule has 41 heavy (non-hydrogen) atoms. The van der Waals surface area contributed by atoms with E-state index in [2.05, 4.69) is 26.7 Å². The number of rotatable bonds is 8. The molecule has 8 nitrogen and oxygen atoms in total. The molecule has 1 saturated heterocycles. The summed E-state index contributed by atoms with van der Waals surface area (Å²) in [5.41, 5.74) is 2.27. The number of halogens is 3. The Hall–Kier alpha value is -3.60. The predicted molar refractivity (Wildman–Crippen MR) is 141 cm³/mol. The molecule has 0 bridgehead atoms. The van der Waals surface area contributed by atoms with Crippen LogP contribution in [0, 0.1) is 18.8 Å². The molecule has 11 heteroatoms. The predicted octanol–water partition coefficient (Wildman–Crippen LogP) is 6.48. The Balaban J connectivity index is 1.13. The minimum absolute atomic E-state index is 0.0389. The second kappa shape index (κ2) is 9.20. The van der Waals surface area contributed by atoms with Crippen molar-refractivity contribution in [2.24, 2.45) is 11.8 Å². The van der Waals surface area contributed by atoms with E-state index in [1.165, 1.54) is 18.3 Å². The van der Waals surface area contributed by atoms with Gasteiger partial charge in [-0.15, -0.1) is 13.2 Å². The molecule has 1 aliphatic heterocycles. The van der Waals surface area contributed by atoms with Gasteiger partial charge in [0.15, 0.2) is 0 Å². The maximum absolute atomic E-state index is 13.1. The number of benzene rings is 1. The Morgan fingerprint density at radius 1 is 1.24 bits per heavy atom. The monoisotopic (exact) mass is 569 g/mol. The average molecular weight is 570 g/mol. The number of aryl methyl sites for hydroxylation is 1. The molecule has 5 atom stereocenters. The quantitative estimate of drug-likeness (QED) is 0.308. The number of carboxylic acid groups (broad SMARTS) is 1. The second-order valence-electron chi connectivity index (χ2n) is 11.9. The van der Waals surface area contributed by atoms with E-state index in [1.807, 2.05) is 6.92 Å². The van der Waals surface area contributed by atoms with Gasteiger partial charge in [0.1, 0.15) is 23.0 Å². The van der Waals surface area contributed by atoms with Gasteiger partial charge in [0, 0.05) is 23.2 Å². The Morgan fingerprint density at radius 2 is 2.02 bits per heavy atom. The minimum atomic E-state index is -4.83. The van der Waals surface area contributed by atoms with Crippen LogP contribution in [-0.2, 0) is 11.3 Å². The van der Waals surface area contributed by atoms with Crippen LogP contribution in [0.15, 0.2) is 41.1 Å². The first-order valence-electron chi connectivity index (χ1n) is 14.0. The number of aromatic carboxylic acids is 1. The van der Waals surface area contributed by atoms with Crippen LogP contribution in [0.3, 0.4) is 0 Å². The summed E-state index contributed by atoms with van der Waals surface area (Å²) in [6.07, 6.45) is 1.14. The number of alkyl halides is 3. The SMILES string of the molecule is Cc1cc(C(=O)O)cnc1N1C2CC(OCc3c(-c4ccccc4OC(F)(F)F)noc3C3CC3)CC3[C@H](C)CC321. The number of carboxylic acids is 1. The standard InChI is InChI=1S/C30H30F3N3O5/c1-15-9-18(28(37)38)13-34-27(15)36-24-11-19(10-22-16(2)12-29(22,24)36)39-14-21-25(35-41-26(21)17-7-8-17)20-5-3-4-6-23(20)40-30(31,32)33/h3-6,9,13,16-17,19,22,24H,7-8,10-12,14H2,1-2H3,(H,37,38)/t16-,19?,22?,24?,29?,36?/m1/s1. The molecule has 3 saturated carbocycles. The number of hydrogen-bond acceptors (Lipinski definition) is 7. The van der Waals surface area contributed by atoms with Crippen LogP contribution >= 0.6 is 0 Å². The minimum Gasteiger partial charge on any atom is -0.478 e. The molecule has 4 unspecified atom stereocenters. The Labute approximate surface area is 234 Å². The van der Waals surface area contributed by atoms with Crippen molar-refractivity contribution in [3.63, 3.8) is 0 Å². The first kappa shape index (κ1) is 26.3. The maximum Gasteiger partial charge on any atom is 0.573 e. The fraction of sp³-hybridized carbons (Fsp3) is 0.500. The van der Waals surface area contributed by atoms with Gasteiger partial charge in [-0.3, -0.25) is 0 Å². The van der Waals surface area contributed by atoms with Crippen LogP contribution in [0.1, 0.15) is 72.2 Å². The molecule has 4 fully saturated rings. The van der Waals surface area contributed by atoms with E-state index in [9.17, 15) is 23.1 Å². The molecular weight excluding hydrogens is 539 g/mol. The third-order valence-corrected chi connectivity index (χ3v) is 9.37. The van der Waals surface area contributed by atoms with E-state index in [4.69, 9.17) is 9.26 Å². The smallest absolute Gasteiger partial charge is 0.478 e. The van der Waals surface area contributed by atoms with Gasteiger partial charge in [0.25, 0.3) is 0 Å². The molecule has 0 amide bonds. The third-order valence-electron chi connectivity index (χ3n) is 9.37. The van der Waals surface area contributed by atoms with E-state index in [-0.39, 0.29) is 47.1 Å². The van der Waals surface area contributed by atoms with Gasteiger partial charge >= 0.3 is 12.3 Å². The van der Waals surface area contributed by atoms with E-state index in [1.54, 1.807) is 18.2 Å². The van der Waals surface area contributed by atoms with Crippen molar-refractivity contribution in [2.45, 2.75) is 82.5 Å². The molecule has 3 aromatic rings. The highest BCUT2D eigenvalue weighted by atomic mass is 19.4. The van der Waals surface area contributed by atoms with Crippen molar-refractivity contribution >= 4 is 11.8 Å². The molecule has 1 aromatic carbocycles. The van der Waals surface area contributed by atoms with Gasteiger partial charge in [0.05, 0.1) is 29.9 Å². The lowest BCUT2D eigenvalue weighted by atomic mass is 9.58. The van der Waals surface area contributed by atoms with Crippen LogP contribution in [0.2, 0.25) is 0 Å². The van der Waals surface area contributed by atoms with E-state index in [0.717, 1.165) is 43.5 Å². The topological polar surface area (TPSA) is 97.7 Å². The molecule has 1 N–H and O–H groups in total. The zero-order valence-corrected chi connectivity index (χ0v) is 22.6. The number of carbonyl (C=O) groups is 1. The summed E-state index contributed by atoms with van der Waals surface area (Å²) in [6.45, 7) is 4.33. The number of pyridine rings is 1. The van der Waals surface area contributed by atoms with Crippen molar-refractivity contribution in [3.8, 4) is 17.0 Å². The summed E-state index contributed by atoms with van der Waals surface area (Å²) in [6, 6.07) is 7.88. The highest BCUT2D eigenvalue weighted by molar-refractivity contribution is 5.88. The van der Waals surface area contributed by atoms with Crippen LogP contribution < -0.4 is 9.64 Å². The second-order valence-corrected chi connectivity index (χ2v) is 11.9. The Morgan fingerprint density at radius 3 is 2.71 bits per heavy atom. The molecule has 3 heterocycles. The normalized spacial score (nSPS) is 28.5. The van der Waals surface area contributed by atoms with Crippen molar-refractivity contribution in [2.75, 3.05) is 4.90 Å². The van der Waals surface area contributed by atoms with Crippen molar-refractivity contribution < 1.29 is 37.1 Å². The lowest BCUT2D eigenvalue weighted by molar-refractivity contribution is -0.274. The molecule has 7 rings (SSSR count). The number of para-hydroxylation sites is 1. The lowest BCUT2D eigenvalue weighted by Gasteiger charge is -2.48. The van der Waals surface area contributed by atoms with E-state index < -0.39 is 12.3 Å². The zero-order valence-electron chi connectivity index (χ0n) is 22.6. The summed E-state index contributed by atoms with van der Waals surface area (Å²) in [4.78, 5) is 18.3. The van der Waals surface area contributed by atoms with Gasteiger partial charge in [0.2, 0.25) is 0 Å². The summed E-state index contributed by atoms with van der Waals surface area (Å²) in [7, 11) is 0. The van der Waals surface area contributed by atoms with Crippen LogP contribution in [-0.4, -0.2) is 45.3 Å². The molecule has 216 valence electrons. The largest absolute Gasteiger partial charge is 0.573 e. The molecule has 4 aliphatic rings. The first-order chi connectivity index (χ1) is 19.6. The molecular formula is C30H30F3N3O5. The Bertz CT molecular complexity index is 1520. The summed E-state index contributed by atoms with van der Waals surface area (Å²) < 4.78 is 55.9. The van der Waals surface area contributed by atoms with E-state index >= 15 is 0 Å². The molecule has 2 aromatic heterocycles. The summed E-state index contributed by atoms with van der Waals surface area (Å²) >= 11 is 0. The molecule has 3 aliphatic carbocycles. The fourth-order valence-corrected chi connectivity index (χ4v) is 7.42. The van der Waals surface area contributed by atoms with Crippen LogP contribution in [0.4, 0.5) is 19.0 Å². The third kappa shape index (κ3) is 4.36. The first-order valence-corrected chi connectivity index (χ1v) is 14.0. The van der Waals surface area contributed by atoms with Crippen molar-refractivity contribution in [1.82, 2.24) is 10.1 Å². The van der Waals surface area contributed by atoms with Crippen molar-refractivity contribution in [3.05, 3.63) is 59.0 Å². The van der Waals surface area contributed by atoms with Gasteiger partial charge in [-0.05, 0) is 74.6 Å². The van der Waals surface area contributed by atoms with Crippen LogP contribution in [0.5, 0.6) is 5.75 Å². The molecule has 1 spiro atoms. The fourth-order valence-electron chi connectivity index (χ4n) is 7.42. The number of ether oxygens (including phenoxy) is 2. The van der Waals surface area contributed by atoms with E-state index in [0.29, 0.717) is 28.9 Å². The average Bonchev–Trinajstić information content (AvgIpc) is 3.82. The van der Waals surface area contributed by atoms with Crippen LogP contribution in [0.25, 0.3) is 11.3 Å². The zero-order chi connectivity index (χ0) is 28.7. The maximum atomic E-state index is 13.1. The number of anilines is 1. The number of hydrogen-bond donors (Lipinski definition) is 1. The van der Waals surface area contributed by atoms with Gasteiger partial charge < -0.3 is 24.0 Å². The van der Waals surface area contributed by atoms with Crippen molar-refractivity contribution in [1.29, 1.82) is 0 Å². The molecule has 0 radical (unpaired) electrons. The highest BCUT2D eigenvalue weighted by Gasteiger charge is 2.75. The number of nitrogens with zero attached hydrogens (tertiary/aromatic N) is 3.